The van der Waals surface area contributed by atoms with Crippen molar-refractivity contribution in [2.45, 2.75) is 39.3 Å². The SMILES string of the molecule is CN(Cc1ccc(C(C)(C)C)cc1)Cc1c(O)ccc2ccccc12. The van der Waals surface area contributed by atoms with Gasteiger partial charge in [0.2, 0.25) is 0 Å². The summed E-state index contributed by atoms with van der Waals surface area (Å²) in [6.07, 6.45) is 0. The zero-order valence-corrected chi connectivity index (χ0v) is 15.6. The number of hydrogen-bond acceptors (Lipinski definition) is 2. The molecule has 0 aliphatic heterocycles. The predicted octanol–water partition coefficient (Wildman–Crippen LogP) is 5.47. The van der Waals surface area contributed by atoms with E-state index in [1.165, 1.54) is 16.5 Å². The minimum atomic E-state index is 0.180. The molecule has 0 bridgehead atoms. The van der Waals surface area contributed by atoms with Crippen LogP contribution in [0.15, 0.2) is 60.7 Å². The van der Waals surface area contributed by atoms with Gasteiger partial charge in [-0.1, -0.05) is 75.4 Å². The van der Waals surface area contributed by atoms with Crippen LogP contribution in [0.5, 0.6) is 5.75 Å². The van der Waals surface area contributed by atoms with Crippen molar-refractivity contribution in [1.29, 1.82) is 0 Å². The summed E-state index contributed by atoms with van der Waals surface area (Å²) < 4.78 is 0. The van der Waals surface area contributed by atoms with E-state index in [1.54, 1.807) is 6.07 Å². The Balaban J connectivity index is 1.77. The molecule has 0 unspecified atom stereocenters. The van der Waals surface area contributed by atoms with E-state index in [1.807, 2.05) is 18.2 Å². The molecule has 0 amide bonds. The fraction of sp³-hybridized carbons (Fsp3) is 0.304. The molecule has 0 fully saturated rings. The Morgan fingerprint density at radius 3 is 2.20 bits per heavy atom. The van der Waals surface area contributed by atoms with Crippen molar-refractivity contribution in [3.8, 4) is 5.75 Å². The van der Waals surface area contributed by atoms with Gasteiger partial charge in [0.05, 0.1) is 0 Å². The molecule has 2 heteroatoms. The standard InChI is InChI=1S/C23H27NO/c1-23(2,3)19-12-9-17(10-13-19)15-24(4)16-21-20-8-6-5-7-18(20)11-14-22(21)25/h5-14,25H,15-16H2,1-4H3. The molecule has 2 nitrogen and oxygen atoms in total. The molecule has 0 heterocycles. The van der Waals surface area contributed by atoms with Crippen LogP contribution in [0.1, 0.15) is 37.5 Å². The number of aromatic hydroxyl groups is 1. The molecule has 1 N–H and O–H groups in total. The van der Waals surface area contributed by atoms with E-state index in [9.17, 15) is 5.11 Å². The Kier molecular flexibility index (Phi) is 4.82. The molecular weight excluding hydrogens is 306 g/mol. The lowest BCUT2D eigenvalue weighted by molar-refractivity contribution is 0.314. The molecule has 0 saturated heterocycles. The minimum Gasteiger partial charge on any atom is -0.508 e. The summed E-state index contributed by atoms with van der Waals surface area (Å²) in [4.78, 5) is 2.24. The second-order valence-corrected chi connectivity index (χ2v) is 7.90. The molecule has 0 saturated carbocycles. The van der Waals surface area contributed by atoms with Gasteiger partial charge in [-0.3, -0.25) is 4.90 Å². The van der Waals surface area contributed by atoms with Crippen LogP contribution in [0.2, 0.25) is 0 Å². The Morgan fingerprint density at radius 2 is 1.52 bits per heavy atom. The first-order valence-corrected chi connectivity index (χ1v) is 8.82. The van der Waals surface area contributed by atoms with Gasteiger partial charge < -0.3 is 5.11 Å². The van der Waals surface area contributed by atoms with Crippen LogP contribution >= 0.6 is 0 Å². The molecule has 0 atom stereocenters. The van der Waals surface area contributed by atoms with Gasteiger partial charge in [-0.05, 0) is 40.4 Å². The van der Waals surface area contributed by atoms with Crippen molar-refractivity contribution in [2.24, 2.45) is 0 Å². The summed E-state index contributed by atoms with van der Waals surface area (Å²) >= 11 is 0. The highest BCUT2D eigenvalue weighted by Gasteiger charge is 2.14. The van der Waals surface area contributed by atoms with Gasteiger partial charge in [0.15, 0.2) is 0 Å². The predicted molar refractivity (Wildman–Crippen MR) is 106 cm³/mol. The van der Waals surface area contributed by atoms with Gasteiger partial charge in [-0.2, -0.15) is 0 Å². The van der Waals surface area contributed by atoms with Crippen LogP contribution in [-0.4, -0.2) is 17.1 Å². The molecule has 3 aromatic carbocycles. The highest BCUT2D eigenvalue weighted by atomic mass is 16.3. The van der Waals surface area contributed by atoms with E-state index in [0.717, 1.165) is 17.5 Å². The normalized spacial score (nSPS) is 12.0. The zero-order valence-electron chi connectivity index (χ0n) is 15.6. The maximum atomic E-state index is 10.3. The van der Waals surface area contributed by atoms with E-state index in [-0.39, 0.29) is 5.41 Å². The van der Waals surface area contributed by atoms with Crippen molar-refractivity contribution in [1.82, 2.24) is 4.90 Å². The van der Waals surface area contributed by atoms with Gasteiger partial charge in [-0.15, -0.1) is 0 Å². The third-order valence-electron chi connectivity index (χ3n) is 4.72. The minimum absolute atomic E-state index is 0.180. The van der Waals surface area contributed by atoms with Crippen molar-refractivity contribution in [2.75, 3.05) is 7.05 Å². The van der Waals surface area contributed by atoms with Crippen LogP contribution in [0.4, 0.5) is 0 Å². The van der Waals surface area contributed by atoms with Crippen molar-refractivity contribution < 1.29 is 5.11 Å². The average Bonchev–Trinajstić information content (AvgIpc) is 2.57. The third kappa shape index (κ3) is 4.02. The van der Waals surface area contributed by atoms with Gasteiger partial charge >= 0.3 is 0 Å². The van der Waals surface area contributed by atoms with Gasteiger partial charge in [0.1, 0.15) is 5.75 Å². The summed E-state index contributed by atoms with van der Waals surface area (Å²) in [6, 6.07) is 20.8. The van der Waals surface area contributed by atoms with Crippen molar-refractivity contribution >= 4 is 10.8 Å². The maximum Gasteiger partial charge on any atom is 0.120 e. The molecule has 3 rings (SSSR count). The van der Waals surface area contributed by atoms with Crippen molar-refractivity contribution in [3.63, 3.8) is 0 Å². The highest BCUT2D eigenvalue weighted by Crippen LogP contribution is 2.28. The summed E-state index contributed by atoms with van der Waals surface area (Å²) in [6.45, 7) is 8.27. The van der Waals surface area contributed by atoms with Crippen molar-refractivity contribution in [3.05, 3.63) is 77.4 Å². The first-order valence-electron chi connectivity index (χ1n) is 8.82. The van der Waals surface area contributed by atoms with E-state index < -0.39 is 0 Å². The van der Waals surface area contributed by atoms with E-state index in [2.05, 4.69) is 69.1 Å². The van der Waals surface area contributed by atoms with Crippen LogP contribution in [0, 0.1) is 0 Å². The summed E-state index contributed by atoms with van der Waals surface area (Å²) in [5.74, 6) is 0.369. The first-order chi connectivity index (χ1) is 11.8. The molecule has 0 aliphatic rings. The summed E-state index contributed by atoms with van der Waals surface area (Å²) in [5, 5.41) is 12.6. The molecule has 0 aliphatic carbocycles. The Hall–Kier alpha value is -2.32. The van der Waals surface area contributed by atoms with E-state index in [0.29, 0.717) is 12.3 Å². The summed E-state index contributed by atoms with van der Waals surface area (Å²) in [5.41, 5.74) is 3.81. The Morgan fingerprint density at radius 1 is 0.840 bits per heavy atom. The van der Waals surface area contributed by atoms with E-state index in [4.69, 9.17) is 0 Å². The van der Waals surface area contributed by atoms with Gasteiger partial charge in [0.25, 0.3) is 0 Å². The topological polar surface area (TPSA) is 23.5 Å². The van der Waals surface area contributed by atoms with Gasteiger partial charge in [-0.25, -0.2) is 0 Å². The Labute approximate surface area is 150 Å². The van der Waals surface area contributed by atoms with Crippen LogP contribution in [-0.2, 0) is 18.5 Å². The molecule has 25 heavy (non-hydrogen) atoms. The smallest absolute Gasteiger partial charge is 0.120 e. The lowest BCUT2D eigenvalue weighted by Crippen LogP contribution is -2.18. The number of fused-ring (bicyclic) bond motifs is 1. The average molecular weight is 333 g/mol. The monoisotopic (exact) mass is 333 g/mol. The highest BCUT2D eigenvalue weighted by molar-refractivity contribution is 5.87. The fourth-order valence-corrected chi connectivity index (χ4v) is 3.24. The second-order valence-electron chi connectivity index (χ2n) is 7.90. The van der Waals surface area contributed by atoms with E-state index >= 15 is 0 Å². The molecule has 130 valence electrons. The van der Waals surface area contributed by atoms with Crippen LogP contribution in [0.25, 0.3) is 10.8 Å². The Bertz CT molecular complexity index is 859. The molecular formula is C23H27NO. The molecule has 3 aromatic rings. The lowest BCUT2D eigenvalue weighted by atomic mass is 9.87. The number of nitrogens with zero attached hydrogens (tertiary/aromatic N) is 1. The zero-order chi connectivity index (χ0) is 18.0. The number of phenols is 1. The molecule has 0 spiro atoms. The summed E-state index contributed by atoms with van der Waals surface area (Å²) in [7, 11) is 2.10. The quantitative estimate of drug-likeness (QED) is 0.684. The third-order valence-corrected chi connectivity index (χ3v) is 4.72. The number of hydrogen-bond donors (Lipinski definition) is 1. The largest absolute Gasteiger partial charge is 0.508 e. The lowest BCUT2D eigenvalue weighted by Gasteiger charge is -2.21. The van der Waals surface area contributed by atoms with Gasteiger partial charge in [0, 0.05) is 18.7 Å². The molecule has 0 aromatic heterocycles. The number of phenolic OH excluding ortho intramolecular Hbond substituents is 1. The second kappa shape index (κ2) is 6.89. The number of rotatable bonds is 4. The van der Waals surface area contributed by atoms with Crippen LogP contribution < -0.4 is 0 Å². The maximum absolute atomic E-state index is 10.3. The molecule has 0 radical (unpaired) electrons. The fourth-order valence-electron chi connectivity index (χ4n) is 3.24. The van der Waals surface area contributed by atoms with Crippen LogP contribution in [0.3, 0.4) is 0 Å². The first kappa shape index (κ1) is 17.5. The number of benzene rings is 3.